The van der Waals surface area contributed by atoms with E-state index < -0.39 is 0 Å². The monoisotopic (exact) mass is 525 g/mol. The van der Waals surface area contributed by atoms with E-state index in [-0.39, 0.29) is 24.0 Å². The summed E-state index contributed by atoms with van der Waals surface area (Å²) in [6.45, 7) is 3.70. The highest BCUT2D eigenvalue weighted by molar-refractivity contribution is 14.0. The molecule has 0 aliphatic carbocycles. The van der Waals surface area contributed by atoms with Crippen LogP contribution in [0.2, 0.25) is 0 Å². The second-order valence-corrected chi connectivity index (χ2v) is 7.20. The molecule has 1 aliphatic rings. The summed E-state index contributed by atoms with van der Waals surface area (Å²) < 4.78 is 16.3. The molecule has 1 aliphatic heterocycles. The second-order valence-electron chi connectivity index (χ2n) is 7.20. The van der Waals surface area contributed by atoms with Crippen molar-refractivity contribution in [2.45, 2.75) is 12.8 Å². The van der Waals surface area contributed by atoms with E-state index >= 15 is 0 Å². The highest BCUT2D eigenvalue weighted by Crippen LogP contribution is 2.24. The van der Waals surface area contributed by atoms with Crippen molar-refractivity contribution in [2.24, 2.45) is 10.9 Å². The Bertz CT molecular complexity index is 781. The van der Waals surface area contributed by atoms with E-state index in [1.54, 1.807) is 14.2 Å². The molecule has 0 radical (unpaired) electrons. The molecule has 1 fully saturated rings. The lowest BCUT2D eigenvalue weighted by molar-refractivity contribution is 0.157. The minimum absolute atomic E-state index is 0. The summed E-state index contributed by atoms with van der Waals surface area (Å²) in [6.07, 6.45) is 2.08. The van der Waals surface area contributed by atoms with Crippen molar-refractivity contribution in [1.82, 2.24) is 10.2 Å². The summed E-state index contributed by atoms with van der Waals surface area (Å²) >= 11 is 0. The molecule has 0 spiro atoms. The molecule has 3 rings (SSSR count). The fraction of sp³-hybridized carbons (Fsp3) is 0.435. The standard InChI is InChI=1S/C23H31N3O3.HI/c1-24-23(26-15-13-19(16-26)17-27-2)25-14-12-18-4-6-21(7-5-18)29-22-10-8-20(28-3)9-11-22;/h4-11,19H,12-17H2,1-3H3,(H,24,25);1H. The molecule has 1 heterocycles. The number of aliphatic imine (C=N–C) groups is 1. The molecule has 1 N–H and O–H groups in total. The Morgan fingerprint density at radius 1 is 1.03 bits per heavy atom. The molecule has 1 unspecified atom stereocenters. The van der Waals surface area contributed by atoms with Gasteiger partial charge < -0.3 is 24.4 Å². The second kappa shape index (κ2) is 12.6. The van der Waals surface area contributed by atoms with Crippen LogP contribution in [-0.4, -0.2) is 58.4 Å². The van der Waals surface area contributed by atoms with Gasteiger partial charge >= 0.3 is 0 Å². The predicted molar refractivity (Wildman–Crippen MR) is 132 cm³/mol. The first kappa shape index (κ1) is 24.3. The van der Waals surface area contributed by atoms with E-state index in [1.165, 1.54) is 5.56 Å². The van der Waals surface area contributed by atoms with E-state index in [0.717, 1.165) is 62.3 Å². The maximum Gasteiger partial charge on any atom is 0.193 e. The van der Waals surface area contributed by atoms with Crippen molar-refractivity contribution < 1.29 is 14.2 Å². The van der Waals surface area contributed by atoms with Crippen molar-refractivity contribution in [3.8, 4) is 17.2 Å². The number of likely N-dealkylation sites (tertiary alicyclic amines) is 1. The normalized spacial score (nSPS) is 16.2. The van der Waals surface area contributed by atoms with Crippen LogP contribution in [0.4, 0.5) is 0 Å². The maximum atomic E-state index is 5.88. The number of rotatable bonds is 8. The van der Waals surface area contributed by atoms with Gasteiger partial charge in [-0.25, -0.2) is 0 Å². The third-order valence-electron chi connectivity index (χ3n) is 5.11. The fourth-order valence-electron chi connectivity index (χ4n) is 3.55. The van der Waals surface area contributed by atoms with E-state index in [0.29, 0.717) is 5.92 Å². The predicted octanol–water partition coefficient (Wildman–Crippen LogP) is 4.19. The zero-order valence-electron chi connectivity index (χ0n) is 18.0. The molecule has 0 aromatic heterocycles. The van der Waals surface area contributed by atoms with Gasteiger partial charge in [0.05, 0.1) is 13.7 Å². The van der Waals surface area contributed by atoms with Crippen molar-refractivity contribution in [3.05, 3.63) is 54.1 Å². The van der Waals surface area contributed by atoms with Gasteiger partial charge in [0.1, 0.15) is 17.2 Å². The van der Waals surface area contributed by atoms with Gasteiger partial charge in [0, 0.05) is 39.7 Å². The number of hydrogen-bond acceptors (Lipinski definition) is 4. The molecule has 1 atom stereocenters. The first-order valence-electron chi connectivity index (χ1n) is 10.1. The molecule has 2 aromatic carbocycles. The van der Waals surface area contributed by atoms with Gasteiger partial charge in [-0.2, -0.15) is 0 Å². The third-order valence-corrected chi connectivity index (χ3v) is 5.11. The molecule has 7 heteroatoms. The number of nitrogens with zero attached hydrogens (tertiary/aromatic N) is 2. The van der Waals surface area contributed by atoms with Gasteiger partial charge in [0.15, 0.2) is 5.96 Å². The van der Waals surface area contributed by atoms with Gasteiger partial charge in [-0.3, -0.25) is 4.99 Å². The highest BCUT2D eigenvalue weighted by Gasteiger charge is 2.24. The minimum Gasteiger partial charge on any atom is -0.497 e. The molecule has 0 amide bonds. The van der Waals surface area contributed by atoms with Crippen LogP contribution in [0.5, 0.6) is 17.2 Å². The SMILES string of the molecule is CN=C(NCCc1ccc(Oc2ccc(OC)cc2)cc1)N1CCC(COC)C1.I. The Labute approximate surface area is 196 Å². The van der Waals surface area contributed by atoms with Crippen LogP contribution in [-0.2, 0) is 11.2 Å². The van der Waals surface area contributed by atoms with Crippen molar-refractivity contribution in [1.29, 1.82) is 0 Å². The molecule has 0 saturated carbocycles. The van der Waals surface area contributed by atoms with Crippen LogP contribution in [0.3, 0.4) is 0 Å². The Kier molecular flexibility index (Phi) is 10.2. The Morgan fingerprint density at radius 2 is 1.67 bits per heavy atom. The lowest BCUT2D eigenvalue weighted by atomic mass is 10.1. The number of halogens is 1. The average molecular weight is 525 g/mol. The summed E-state index contributed by atoms with van der Waals surface area (Å²) in [5.74, 6) is 4.00. The van der Waals surface area contributed by atoms with Crippen LogP contribution < -0.4 is 14.8 Å². The Hall–Kier alpha value is -2.00. The molecule has 6 nitrogen and oxygen atoms in total. The number of methoxy groups -OCH3 is 2. The Balaban J connectivity index is 0.00000320. The molecule has 2 aromatic rings. The van der Waals surface area contributed by atoms with Crippen LogP contribution in [0, 0.1) is 5.92 Å². The van der Waals surface area contributed by atoms with Gasteiger partial charge in [-0.1, -0.05) is 12.1 Å². The quantitative estimate of drug-likeness (QED) is 0.318. The van der Waals surface area contributed by atoms with E-state index in [2.05, 4.69) is 27.3 Å². The van der Waals surface area contributed by atoms with Crippen LogP contribution in [0.15, 0.2) is 53.5 Å². The number of guanidine groups is 1. The van der Waals surface area contributed by atoms with Gasteiger partial charge in [0.25, 0.3) is 0 Å². The molecule has 164 valence electrons. The molecular formula is C23H32IN3O3. The maximum absolute atomic E-state index is 5.88. The van der Waals surface area contributed by atoms with Gasteiger partial charge in [-0.05, 0) is 54.8 Å². The summed E-state index contributed by atoms with van der Waals surface area (Å²) in [6, 6.07) is 15.8. The summed E-state index contributed by atoms with van der Waals surface area (Å²) in [4.78, 5) is 6.75. The largest absolute Gasteiger partial charge is 0.497 e. The van der Waals surface area contributed by atoms with Crippen LogP contribution in [0.25, 0.3) is 0 Å². The smallest absolute Gasteiger partial charge is 0.193 e. The fourth-order valence-corrected chi connectivity index (χ4v) is 3.55. The van der Waals surface area contributed by atoms with Crippen LogP contribution in [0.1, 0.15) is 12.0 Å². The highest BCUT2D eigenvalue weighted by atomic mass is 127. The Morgan fingerprint density at radius 3 is 2.27 bits per heavy atom. The molecular weight excluding hydrogens is 493 g/mol. The number of benzene rings is 2. The van der Waals surface area contributed by atoms with Gasteiger partial charge in [0.2, 0.25) is 0 Å². The first-order valence-corrected chi connectivity index (χ1v) is 10.1. The van der Waals surface area contributed by atoms with Crippen molar-refractivity contribution >= 4 is 29.9 Å². The zero-order valence-corrected chi connectivity index (χ0v) is 20.3. The summed E-state index contributed by atoms with van der Waals surface area (Å²) in [7, 11) is 5.27. The number of ether oxygens (including phenoxy) is 3. The average Bonchev–Trinajstić information content (AvgIpc) is 3.21. The molecule has 1 saturated heterocycles. The van der Waals surface area contributed by atoms with E-state index in [9.17, 15) is 0 Å². The number of hydrogen-bond donors (Lipinski definition) is 1. The first-order chi connectivity index (χ1) is 14.2. The summed E-state index contributed by atoms with van der Waals surface area (Å²) in [5.41, 5.74) is 1.26. The topological polar surface area (TPSA) is 55.3 Å². The van der Waals surface area contributed by atoms with Crippen molar-refractivity contribution in [3.63, 3.8) is 0 Å². The number of nitrogens with one attached hydrogen (secondary N) is 1. The molecule has 0 bridgehead atoms. The lowest BCUT2D eigenvalue weighted by Gasteiger charge is -2.21. The summed E-state index contributed by atoms with van der Waals surface area (Å²) in [5, 5.41) is 3.48. The third kappa shape index (κ3) is 7.05. The van der Waals surface area contributed by atoms with E-state index in [1.807, 2.05) is 43.4 Å². The van der Waals surface area contributed by atoms with Gasteiger partial charge in [-0.15, -0.1) is 24.0 Å². The zero-order chi connectivity index (χ0) is 20.5. The molecule has 30 heavy (non-hydrogen) atoms. The minimum atomic E-state index is 0. The van der Waals surface area contributed by atoms with Crippen molar-refractivity contribution in [2.75, 3.05) is 47.5 Å². The van der Waals surface area contributed by atoms with E-state index in [4.69, 9.17) is 14.2 Å². The lowest BCUT2D eigenvalue weighted by Crippen LogP contribution is -2.41. The van der Waals surface area contributed by atoms with Crippen LogP contribution >= 0.6 is 24.0 Å².